The molecule has 5 rings (SSSR count). The molecule has 0 amide bonds. The standard InChI is InChI=1S/C25H23NO4/c1-29-20-12-6-10-17(24(20)30-2)23-19-13-14-7-3-4-8-15(14)21(19)16-9-5-11-18(25(27)28)22(16)26-23/h3-12,19,21,23,26H,13H2,1-2H3,(H,27,28)/t19-,21-,23+/m1/s1. The number of hydrogen-bond acceptors (Lipinski definition) is 4. The fourth-order valence-corrected chi connectivity index (χ4v) is 5.23. The second-order valence-corrected chi connectivity index (χ2v) is 7.82. The fraction of sp³-hybridized carbons (Fsp3) is 0.240. The number of ether oxygens (including phenoxy) is 2. The van der Waals surface area contributed by atoms with E-state index in [4.69, 9.17) is 9.47 Å². The Morgan fingerprint density at radius 2 is 1.67 bits per heavy atom. The summed E-state index contributed by atoms with van der Waals surface area (Å²) in [5.41, 5.74) is 5.60. The number of hydrogen-bond donors (Lipinski definition) is 2. The Hall–Kier alpha value is -3.47. The summed E-state index contributed by atoms with van der Waals surface area (Å²) in [4.78, 5) is 12.0. The van der Waals surface area contributed by atoms with E-state index in [-0.39, 0.29) is 17.9 Å². The average molecular weight is 401 g/mol. The van der Waals surface area contributed by atoms with Crippen molar-refractivity contribution in [3.8, 4) is 11.5 Å². The van der Waals surface area contributed by atoms with E-state index in [0.29, 0.717) is 22.7 Å². The summed E-state index contributed by atoms with van der Waals surface area (Å²) in [5, 5.41) is 13.4. The highest BCUT2D eigenvalue weighted by molar-refractivity contribution is 5.96. The number of fused-ring (bicyclic) bond motifs is 5. The molecule has 0 fully saturated rings. The van der Waals surface area contributed by atoms with Gasteiger partial charge in [0.05, 0.1) is 31.5 Å². The maximum Gasteiger partial charge on any atom is 0.337 e. The van der Waals surface area contributed by atoms with Crippen LogP contribution in [-0.4, -0.2) is 25.3 Å². The van der Waals surface area contributed by atoms with Crippen LogP contribution >= 0.6 is 0 Å². The van der Waals surface area contributed by atoms with Crippen molar-refractivity contribution in [2.75, 3.05) is 19.5 Å². The van der Waals surface area contributed by atoms with Crippen LogP contribution in [0.3, 0.4) is 0 Å². The van der Waals surface area contributed by atoms with Crippen molar-refractivity contribution in [1.29, 1.82) is 0 Å². The molecule has 0 aromatic heterocycles. The van der Waals surface area contributed by atoms with E-state index in [1.54, 1.807) is 20.3 Å². The zero-order valence-electron chi connectivity index (χ0n) is 16.9. The van der Waals surface area contributed by atoms with Crippen LogP contribution in [-0.2, 0) is 6.42 Å². The number of aromatic carboxylic acids is 1. The number of methoxy groups -OCH3 is 2. The van der Waals surface area contributed by atoms with E-state index in [9.17, 15) is 9.90 Å². The van der Waals surface area contributed by atoms with Crippen molar-refractivity contribution in [3.05, 3.63) is 88.5 Å². The SMILES string of the molecule is COc1cccc([C@@H]2Nc3c(C(=O)O)cccc3[C@H]3c4ccccc4C[C@H]32)c1OC. The van der Waals surface area contributed by atoms with Gasteiger partial charge in [-0.2, -0.15) is 0 Å². The Morgan fingerprint density at radius 1 is 0.933 bits per heavy atom. The summed E-state index contributed by atoms with van der Waals surface area (Å²) in [5.74, 6) is 0.780. The van der Waals surface area contributed by atoms with E-state index in [1.165, 1.54) is 11.1 Å². The monoisotopic (exact) mass is 401 g/mol. The average Bonchev–Trinajstić information content (AvgIpc) is 3.17. The first-order valence-electron chi connectivity index (χ1n) is 10.1. The number of nitrogens with one attached hydrogen (secondary N) is 1. The van der Waals surface area contributed by atoms with Crippen LogP contribution in [0.25, 0.3) is 0 Å². The van der Waals surface area contributed by atoms with Crippen LogP contribution in [0, 0.1) is 5.92 Å². The van der Waals surface area contributed by atoms with Crippen LogP contribution < -0.4 is 14.8 Å². The Bertz CT molecular complexity index is 1140. The lowest BCUT2D eigenvalue weighted by Gasteiger charge is -2.39. The molecule has 2 N–H and O–H groups in total. The normalized spacial score (nSPS) is 21.1. The Balaban J connectivity index is 1.74. The van der Waals surface area contributed by atoms with Gasteiger partial charge in [-0.15, -0.1) is 0 Å². The Labute approximate surface area is 175 Å². The van der Waals surface area contributed by atoms with Gasteiger partial charge in [0.1, 0.15) is 0 Å². The summed E-state index contributed by atoms with van der Waals surface area (Å²) in [6.07, 6.45) is 0.912. The first-order chi connectivity index (χ1) is 14.6. The van der Waals surface area contributed by atoms with E-state index in [0.717, 1.165) is 17.5 Å². The van der Waals surface area contributed by atoms with Crippen LogP contribution in [0.4, 0.5) is 5.69 Å². The minimum absolute atomic E-state index is 0.111. The molecule has 0 saturated heterocycles. The van der Waals surface area contributed by atoms with Crippen molar-refractivity contribution in [3.63, 3.8) is 0 Å². The van der Waals surface area contributed by atoms with Gasteiger partial charge in [0.15, 0.2) is 11.5 Å². The summed E-state index contributed by atoms with van der Waals surface area (Å²) >= 11 is 0. The summed E-state index contributed by atoms with van der Waals surface area (Å²) in [7, 11) is 3.27. The third kappa shape index (κ3) is 2.65. The minimum atomic E-state index is -0.930. The van der Waals surface area contributed by atoms with E-state index < -0.39 is 5.97 Å². The number of anilines is 1. The third-order valence-electron chi connectivity index (χ3n) is 6.43. The number of carbonyl (C=O) groups is 1. The highest BCUT2D eigenvalue weighted by Crippen LogP contribution is 2.56. The molecular formula is C25H23NO4. The molecule has 5 nitrogen and oxygen atoms in total. The van der Waals surface area contributed by atoms with Gasteiger partial charge in [0.2, 0.25) is 0 Å². The lowest BCUT2D eigenvalue weighted by molar-refractivity contribution is 0.0697. The number of carboxylic acid groups (broad SMARTS) is 1. The zero-order valence-corrected chi connectivity index (χ0v) is 16.9. The topological polar surface area (TPSA) is 67.8 Å². The van der Waals surface area contributed by atoms with Crippen molar-refractivity contribution >= 4 is 11.7 Å². The summed E-state index contributed by atoms with van der Waals surface area (Å²) in [6.45, 7) is 0. The van der Waals surface area contributed by atoms with E-state index in [2.05, 4.69) is 29.6 Å². The number of benzene rings is 3. The maximum absolute atomic E-state index is 12.0. The summed E-state index contributed by atoms with van der Waals surface area (Å²) in [6, 6.07) is 19.8. The zero-order chi connectivity index (χ0) is 20.8. The second-order valence-electron chi connectivity index (χ2n) is 7.82. The third-order valence-corrected chi connectivity index (χ3v) is 6.43. The molecule has 0 spiro atoms. The van der Waals surface area contributed by atoms with E-state index >= 15 is 0 Å². The molecule has 1 aliphatic heterocycles. The molecule has 0 radical (unpaired) electrons. The Morgan fingerprint density at radius 3 is 2.43 bits per heavy atom. The lowest BCUT2D eigenvalue weighted by atomic mass is 9.74. The molecule has 5 heteroatoms. The van der Waals surface area contributed by atoms with Crippen molar-refractivity contribution in [1.82, 2.24) is 0 Å². The van der Waals surface area contributed by atoms with Gasteiger partial charge in [0, 0.05) is 11.5 Å². The van der Waals surface area contributed by atoms with Gasteiger partial charge in [-0.3, -0.25) is 0 Å². The van der Waals surface area contributed by atoms with Crippen molar-refractivity contribution in [2.45, 2.75) is 18.4 Å². The molecule has 0 saturated carbocycles. The molecule has 152 valence electrons. The molecule has 1 aliphatic carbocycles. The van der Waals surface area contributed by atoms with Crippen molar-refractivity contribution < 1.29 is 19.4 Å². The quantitative estimate of drug-likeness (QED) is 0.653. The minimum Gasteiger partial charge on any atom is -0.493 e. The largest absolute Gasteiger partial charge is 0.493 e. The maximum atomic E-state index is 12.0. The first-order valence-corrected chi connectivity index (χ1v) is 10.1. The lowest BCUT2D eigenvalue weighted by Crippen LogP contribution is -2.31. The van der Waals surface area contributed by atoms with Gasteiger partial charge in [-0.1, -0.05) is 48.5 Å². The predicted molar refractivity (Wildman–Crippen MR) is 115 cm³/mol. The van der Waals surface area contributed by atoms with Crippen LogP contribution in [0.5, 0.6) is 11.5 Å². The molecule has 3 aromatic rings. The second kappa shape index (κ2) is 7.10. The smallest absolute Gasteiger partial charge is 0.337 e. The molecule has 2 aliphatic rings. The van der Waals surface area contributed by atoms with Crippen LogP contribution in [0.1, 0.15) is 44.6 Å². The number of carboxylic acids is 1. The van der Waals surface area contributed by atoms with Crippen LogP contribution in [0.2, 0.25) is 0 Å². The molecule has 30 heavy (non-hydrogen) atoms. The van der Waals surface area contributed by atoms with Gasteiger partial charge in [-0.05, 0) is 41.2 Å². The predicted octanol–water partition coefficient (Wildman–Crippen LogP) is 4.87. The molecule has 3 atom stereocenters. The molecule has 1 heterocycles. The molecule has 0 bridgehead atoms. The van der Waals surface area contributed by atoms with Gasteiger partial charge < -0.3 is 19.9 Å². The van der Waals surface area contributed by atoms with Crippen molar-refractivity contribution in [2.24, 2.45) is 5.92 Å². The number of rotatable bonds is 4. The molecule has 3 aromatic carbocycles. The Kier molecular flexibility index (Phi) is 4.39. The fourth-order valence-electron chi connectivity index (χ4n) is 5.23. The van der Waals surface area contributed by atoms with E-state index in [1.807, 2.05) is 30.3 Å². The van der Waals surface area contributed by atoms with Gasteiger partial charge in [-0.25, -0.2) is 4.79 Å². The van der Waals surface area contributed by atoms with Crippen LogP contribution in [0.15, 0.2) is 60.7 Å². The van der Waals surface area contributed by atoms with Gasteiger partial charge in [0.25, 0.3) is 0 Å². The first kappa shape index (κ1) is 18.6. The number of para-hydroxylation sites is 2. The highest BCUT2D eigenvalue weighted by Gasteiger charge is 2.45. The highest BCUT2D eigenvalue weighted by atomic mass is 16.5. The molecular weight excluding hydrogens is 378 g/mol. The molecule has 0 unspecified atom stereocenters. The summed E-state index contributed by atoms with van der Waals surface area (Å²) < 4.78 is 11.3. The van der Waals surface area contributed by atoms with Gasteiger partial charge >= 0.3 is 5.97 Å².